The number of piperazine rings is 1. The molecule has 0 N–H and O–H groups in total. The minimum absolute atomic E-state index is 0.0318. The van der Waals surface area contributed by atoms with Crippen molar-refractivity contribution in [2.24, 2.45) is 0 Å². The van der Waals surface area contributed by atoms with Crippen molar-refractivity contribution in [2.75, 3.05) is 31.1 Å². The standard InChI is InChI=1S/C20H17ClF4N4O/c21-17-9-13(20(23,24)25)11-29-12-15(26-19(17)29)10-18(30)28-7-5-27(6-8-28)16-3-1-14(22)2-4-16/h1-4,9,11-12H,5-8,10H2. The van der Waals surface area contributed by atoms with Crippen LogP contribution >= 0.6 is 11.6 Å². The summed E-state index contributed by atoms with van der Waals surface area (Å²) in [5.74, 6) is -0.466. The van der Waals surface area contributed by atoms with E-state index in [0.717, 1.165) is 18.0 Å². The topological polar surface area (TPSA) is 40.9 Å². The Labute approximate surface area is 174 Å². The van der Waals surface area contributed by atoms with Crippen LogP contribution in [0.3, 0.4) is 0 Å². The molecule has 1 aromatic carbocycles. The minimum atomic E-state index is -4.53. The van der Waals surface area contributed by atoms with E-state index in [-0.39, 0.29) is 28.8 Å². The lowest BCUT2D eigenvalue weighted by molar-refractivity contribution is -0.138. The predicted molar refractivity (Wildman–Crippen MR) is 104 cm³/mol. The normalized spacial score (nSPS) is 15.1. The maximum atomic E-state index is 13.1. The molecule has 1 aliphatic heterocycles. The van der Waals surface area contributed by atoms with Crippen LogP contribution in [0.5, 0.6) is 0 Å². The predicted octanol–water partition coefficient (Wildman–Crippen LogP) is 4.04. The maximum absolute atomic E-state index is 13.1. The fraction of sp³-hybridized carbons (Fsp3) is 0.300. The molecule has 3 aromatic rings. The molecule has 0 bridgehead atoms. The third kappa shape index (κ3) is 4.21. The van der Waals surface area contributed by atoms with Crippen LogP contribution in [0, 0.1) is 5.82 Å². The van der Waals surface area contributed by atoms with Gasteiger partial charge in [0.05, 0.1) is 22.7 Å². The molecule has 1 fully saturated rings. The largest absolute Gasteiger partial charge is 0.417 e. The Morgan fingerprint density at radius 3 is 2.37 bits per heavy atom. The Morgan fingerprint density at radius 2 is 1.73 bits per heavy atom. The Balaban J connectivity index is 1.42. The molecule has 0 saturated carbocycles. The summed E-state index contributed by atoms with van der Waals surface area (Å²) in [6, 6.07) is 7.01. The Morgan fingerprint density at radius 1 is 1.07 bits per heavy atom. The first-order chi connectivity index (χ1) is 14.2. The van der Waals surface area contributed by atoms with Crippen molar-refractivity contribution >= 4 is 28.8 Å². The van der Waals surface area contributed by atoms with Crippen molar-refractivity contribution < 1.29 is 22.4 Å². The van der Waals surface area contributed by atoms with Crippen LogP contribution in [-0.2, 0) is 17.4 Å². The zero-order valence-corrected chi connectivity index (χ0v) is 16.4. The lowest BCUT2D eigenvalue weighted by Gasteiger charge is -2.36. The van der Waals surface area contributed by atoms with Gasteiger partial charge in [-0.2, -0.15) is 13.2 Å². The molecule has 5 nitrogen and oxygen atoms in total. The first kappa shape index (κ1) is 20.5. The van der Waals surface area contributed by atoms with Gasteiger partial charge in [0.1, 0.15) is 5.82 Å². The molecular weight excluding hydrogens is 424 g/mol. The van der Waals surface area contributed by atoms with Gasteiger partial charge in [0.15, 0.2) is 5.65 Å². The van der Waals surface area contributed by atoms with Crippen LogP contribution in [0.2, 0.25) is 5.02 Å². The highest BCUT2D eigenvalue weighted by Gasteiger charge is 2.32. The third-order valence-electron chi connectivity index (χ3n) is 5.04. The van der Waals surface area contributed by atoms with E-state index in [4.69, 9.17) is 11.6 Å². The number of carbonyl (C=O) groups excluding carboxylic acids is 1. The van der Waals surface area contributed by atoms with Gasteiger partial charge in [-0.1, -0.05) is 11.6 Å². The van der Waals surface area contributed by atoms with Crippen LogP contribution in [-0.4, -0.2) is 46.4 Å². The molecule has 0 aliphatic carbocycles. The van der Waals surface area contributed by atoms with E-state index in [9.17, 15) is 22.4 Å². The first-order valence-electron chi connectivity index (χ1n) is 9.23. The van der Waals surface area contributed by atoms with Gasteiger partial charge >= 0.3 is 6.18 Å². The fourth-order valence-electron chi connectivity index (χ4n) is 3.48. The minimum Gasteiger partial charge on any atom is -0.368 e. The van der Waals surface area contributed by atoms with E-state index in [1.807, 2.05) is 0 Å². The molecule has 2 aromatic heterocycles. The average Bonchev–Trinajstić information content (AvgIpc) is 3.11. The van der Waals surface area contributed by atoms with Crippen molar-refractivity contribution in [3.8, 4) is 0 Å². The van der Waals surface area contributed by atoms with Crippen LogP contribution in [0.25, 0.3) is 5.65 Å². The summed E-state index contributed by atoms with van der Waals surface area (Å²) in [7, 11) is 0. The summed E-state index contributed by atoms with van der Waals surface area (Å²) in [5, 5.41) is -0.128. The van der Waals surface area contributed by atoms with Gasteiger partial charge in [-0.05, 0) is 30.3 Å². The van der Waals surface area contributed by atoms with E-state index < -0.39 is 11.7 Å². The van der Waals surface area contributed by atoms with Gasteiger partial charge < -0.3 is 14.2 Å². The lowest BCUT2D eigenvalue weighted by atomic mass is 10.2. The quantitative estimate of drug-likeness (QED) is 0.577. The van der Waals surface area contributed by atoms with Crippen LogP contribution in [0.15, 0.2) is 42.7 Å². The number of hydrogen-bond acceptors (Lipinski definition) is 3. The molecule has 30 heavy (non-hydrogen) atoms. The number of fused-ring (bicyclic) bond motifs is 1. The summed E-state index contributed by atoms with van der Waals surface area (Å²) < 4.78 is 53.1. The van der Waals surface area contributed by atoms with Gasteiger partial charge in [0, 0.05) is 44.3 Å². The molecule has 4 rings (SSSR count). The van der Waals surface area contributed by atoms with E-state index in [1.165, 1.54) is 22.7 Å². The Bertz CT molecular complexity index is 1070. The van der Waals surface area contributed by atoms with Crippen LogP contribution in [0.1, 0.15) is 11.3 Å². The zero-order chi connectivity index (χ0) is 21.5. The second-order valence-electron chi connectivity index (χ2n) is 7.06. The number of alkyl halides is 3. The highest BCUT2D eigenvalue weighted by atomic mass is 35.5. The molecular formula is C20H17ClF4N4O. The van der Waals surface area contributed by atoms with E-state index >= 15 is 0 Å². The number of nitrogens with zero attached hydrogens (tertiary/aromatic N) is 4. The summed E-state index contributed by atoms with van der Waals surface area (Å²) in [4.78, 5) is 20.6. The molecule has 0 unspecified atom stereocenters. The smallest absolute Gasteiger partial charge is 0.368 e. The highest BCUT2D eigenvalue weighted by molar-refractivity contribution is 6.33. The second kappa shape index (κ2) is 7.79. The SMILES string of the molecule is O=C(Cc1cn2cc(C(F)(F)F)cc(Cl)c2n1)N1CCN(c2ccc(F)cc2)CC1. The van der Waals surface area contributed by atoms with E-state index in [2.05, 4.69) is 9.88 Å². The number of rotatable bonds is 3. The zero-order valence-electron chi connectivity index (χ0n) is 15.7. The summed E-state index contributed by atoms with van der Waals surface area (Å²) in [6.45, 7) is 2.18. The Kier molecular flexibility index (Phi) is 5.31. The molecule has 0 spiro atoms. The number of imidazole rings is 1. The molecule has 10 heteroatoms. The molecule has 158 valence electrons. The number of halogens is 5. The van der Waals surface area contributed by atoms with Gasteiger partial charge in [-0.3, -0.25) is 4.79 Å². The average molecular weight is 441 g/mol. The van der Waals surface area contributed by atoms with Gasteiger partial charge in [0.25, 0.3) is 0 Å². The van der Waals surface area contributed by atoms with Crippen molar-refractivity contribution in [3.63, 3.8) is 0 Å². The van der Waals surface area contributed by atoms with Crippen molar-refractivity contribution in [3.05, 3.63) is 64.8 Å². The summed E-state index contributed by atoms with van der Waals surface area (Å²) in [6.07, 6.45) is -2.26. The van der Waals surface area contributed by atoms with E-state index in [0.29, 0.717) is 31.9 Å². The second-order valence-corrected chi connectivity index (χ2v) is 7.47. The van der Waals surface area contributed by atoms with Crippen molar-refractivity contribution in [1.29, 1.82) is 0 Å². The van der Waals surface area contributed by atoms with Crippen molar-refractivity contribution in [1.82, 2.24) is 14.3 Å². The monoisotopic (exact) mass is 440 g/mol. The molecule has 1 saturated heterocycles. The number of aromatic nitrogens is 2. The van der Waals surface area contributed by atoms with Gasteiger partial charge in [-0.15, -0.1) is 0 Å². The lowest BCUT2D eigenvalue weighted by Crippen LogP contribution is -2.49. The summed E-state index contributed by atoms with van der Waals surface area (Å²) >= 11 is 5.94. The summed E-state index contributed by atoms with van der Waals surface area (Å²) in [5.41, 5.74) is 0.530. The molecule has 3 heterocycles. The molecule has 0 atom stereocenters. The third-order valence-corrected chi connectivity index (χ3v) is 5.32. The van der Waals surface area contributed by atoms with Gasteiger partial charge in [-0.25, -0.2) is 9.37 Å². The maximum Gasteiger partial charge on any atom is 0.417 e. The number of amides is 1. The van der Waals surface area contributed by atoms with E-state index in [1.54, 1.807) is 17.0 Å². The number of benzene rings is 1. The number of pyridine rings is 1. The fourth-order valence-corrected chi connectivity index (χ4v) is 3.74. The molecule has 1 aliphatic rings. The molecule has 0 radical (unpaired) electrons. The van der Waals surface area contributed by atoms with Crippen molar-refractivity contribution in [2.45, 2.75) is 12.6 Å². The van der Waals surface area contributed by atoms with Crippen LogP contribution < -0.4 is 4.90 Å². The first-order valence-corrected chi connectivity index (χ1v) is 9.61. The Hall–Kier alpha value is -2.81. The molecule has 1 amide bonds. The number of hydrogen-bond donors (Lipinski definition) is 0. The van der Waals surface area contributed by atoms with Crippen LogP contribution in [0.4, 0.5) is 23.2 Å². The van der Waals surface area contributed by atoms with Gasteiger partial charge in [0.2, 0.25) is 5.91 Å². The highest BCUT2D eigenvalue weighted by Crippen LogP contribution is 2.32. The number of carbonyl (C=O) groups is 1. The number of anilines is 1.